The molecule has 8 nitrogen and oxygen atoms in total. The number of carbonyl (C=O) groups excluding carboxylic acids is 1. The highest BCUT2D eigenvalue weighted by molar-refractivity contribution is 6.33. The summed E-state index contributed by atoms with van der Waals surface area (Å²) in [6.07, 6.45) is 1.70. The molecule has 3 aromatic heterocycles. The molecule has 9 heteroatoms. The van der Waals surface area contributed by atoms with Gasteiger partial charge in [-0.1, -0.05) is 29.8 Å². The molecule has 0 saturated heterocycles. The number of hydrogen-bond acceptors (Lipinski definition) is 5. The van der Waals surface area contributed by atoms with E-state index in [4.69, 9.17) is 22.3 Å². The number of amides is 1. The van der Waals surface area contributed by atoms with Gasteiger partial charge in [-0.3, -0.25) is 9.89 Å². The van der Waals surface area contributed by atoms with Crippen molar-refractivity contribution in [2.75, 3.05) is 12.3 Å². The number of nitrogens with two attached hydrogens (primary N) is 1. The van der Waals surface area contributed by atoms with Crippen LogP contribution in [0.25, 0.3) is 33.2 Å². The zero-order valence-corrected chi connectivity index (χ0v) is 18.0. The van der Waals surface area contributed by atoms with Crippen molar-refractivity contribution in [3.63, 3.8) is 0 Å². The van der Waals surface area contributed by atoms with Crippen LogP contribution in [-0.2, 0) is 6.54 Å². The van der Waals surface area contributed by atoms with Crippen molar-refractivity contribution in [3.05, 3.63) is 71.1 Å². The van der Waals surface area contributed by atoms with Gasteiger partial charge in [-0.25, -0.2) is 9.97 Å². The Bertz CT molecular complexity index is 1440. The molecule has 0 aliphatic carbocycles. The molecule has 0 saturated carbocycles. The molecule has 5 aromatic rings. The number of nitrogens with one attached hydrogen (secondary N) is 2. The Kier molecular flexibility index (Phi) is 4.99. The average molecular weight is 446 g/mol. The van der Waals surface area contributed by atoms with E-state index in [2.05, 4.69) is 20.2 Å². The maximum atomic E-state index is 13.0. The third kappa shape index (κ3) is 3.44. The van der Waals surface area contributed by atoms with Crippen LogP contribution in [0.2, 0.25) is 5.02 Å². The average Bonchev–Trinajstić information content (AvgIpc) is 3.48. The summed E-state index contributed by atoms with van der Waals surface area (Å²) in [5.74, 6) is 0.827. The predicted molar refractivity (Wildman–Crippen MR) is 125 cm³/mol. The highest BCUT2D eigenvalue weighted by Crippen LogP contribution is 2.29. The Hall–Kier alpha value is -3.91. The lowest BCUT2D eigenvalue weighted by molar-refractivity contribution is 0.0749. The van der Waals surface area contributed by atoms with Crippen molar-refractivity contribution < 1.29 is 4.79 Å². The standard InChI is InChI=1S/C23H20ClN7O/c1-2-31(23(32)14-5-3-4-6-16(14)24)12-19-28-20-15-8-7-13(17-9-10-26-30-17)11-18(15)27-22(25)21(20)29-19/h3-11H,2,12H2,1H3,(H2,25,27)(H,26,30)(H,28,29). The molecule has 0 aliphatic heterocycles. The van der Waals surface area contributed by atoms with Gasteiger partial charge >= 0.3 is 0 Å². The number of anilines is 1. The van der Waals surface area contributed by atoms with E-state index in [1.165, 1.54) is 0 Å². The normalized spacial score (nSPS) is 11.3. The summed E-state index contributed by atoms with van der Waals surface area (Å²) in [5.41, 5.74) is 10.7. The van der Waals surface area contributed by atoms with Crippen LogP contribution in [-0.4, -0.2) is 42.5 Å². The quantitative estimate of drug-likeness (QED) is 0.370. The number of nitrogen functional groups attached to an aromatic ring is 1. The molecule has 4 N–H and O–H groups in total. The van der Waals surface area contributed by atoms with E-state index >= 15 is 0 Å². The van der Waals surface area contributed by atoms with Gasteiger partial charge in [0.15, 0.2) is 0 Å². The summed E-state index contributed by atoms with van der Waals surface area (Å²) in [7, 11) is 0. The topological polar surface area (TPSA) is 117 Å². The molecule has 2 aromatic carbocycles. The zero-order chi connectivity index (χ0) is 22.2. The zero-order valence-electron chi connectivity index (χ0n) is 17.3. The summed E-state index contributed by atoms with van der Waals surface area (Å²) < 4.78 is 0. The van der Waals surface area contributed by atoms with Crippen LogP contribution in [0.1, 0.15) is 23.1 Å². The van der Waals surface area contributed by atoms with Gasteiger partial charge in [0, 0.05) is 23.7 Å². The maximum absolute atomic E-state index is 13.0. The lowest BCUT2D eigenvalue weighted by Crippen LogP contribution is -2.31. The Morgan fingerprint density at radius 3 is 2.75 bits per heavy atom. The summed E-state index contributed by atoms with van der Waals surface area (Å²) in [6.45, 7) is 2.71. The maximum Gasteiger partial charge on any atom is 0.255 e. The Labute approximate surface area is 188 Å². The summed E-state index contributed by atoms with van der Waals surface area (Å²) >= 11 is 6.22. The second-order valence-electron chi connectivity index (χ2n) is 7.41. The minimum Gasteiger partial charge on any atom is -0.382 e. The van der Waals surface area contributed by atoms with Crippen LogP contribution in [0.4, 0.5) is 5.82 Å². The van der Waals surface area contributed by atoms with Gasteiger partial charge < -0.3 is 15.6 Å². The largest absolute Gasteiger partial charge is 0.382 e. The molecular weight excluding hydrogens is 426 g/mol. The van der Waals surface area contributed by atoms with Crippen LogP contribution in [0, 0.1) is 0 Å². The number of aromatic amines is 2. The number of aromatic nitrogens is 5. The van der Waals surface area contributed by atoms with Crippen LogP contribution in [0.5, 0.6) is 0 Å². The van der Waals surface area contributed by atoms with Gasteiger partial charge in [0.1, 0.15) is 22.7 Å². The van der Waals surface area contributed by atoms with Crippen LogP contribution >= 0.6 is 11.6 Å². The Morgan fingerprint density at radius 1 is 1.16 bits per heavy atom. The number of nitrogens with zero attached hydrogens (tertiary/aromatic N) is 4. The predicted octanol–water partition coefficient (Wildman–Crippen LogP) is 4.40. The second kappa shape index (κ2) is 7.97. The highest BCUT2D eigenvalue weighted by Gasteiger charge is 2.20. The summed E-state index contributed by atoms with van der Waals surface area (Å²) in [5, 5.41) is 8.25. The van der Waals surface area contributed by atoms with Gasteiger partial charge in [0.05, 0.1) is 28.3 Å². The van der Waals surface area contributed by atoms with Crippen LogP contribution < -0.4 is 5.73 Å². The fraction of sp³-hybridized carbons (Fsp3) is 0.130. The van der Waals surface area contributed by atoms with Crippen LogP contribution in [0.15, 0.2) is 54.7 Å². The van der Waals surface area contributed by atoms with E-state index in [0.717, 1.165) is 27.7 Å². The number of carbonyl (C=O) groups is 1. The third-order valence-corrected chi connectivity index (χ3v) is 5.76. The number of imidazole rings is 1. The van der Waals surface area contributed by atoms with Crippen molar-refractivity contribution in [2.45, 2.75) is 13.5 Å². The molecule has 0 radical (unpaired) electrons. The van der Waals surface area contributed by atoms with Crippen molar-refractivity contribution >= 4 is 45.3 Å². The molecule has 0 unspecified atom stereocenters. The van der Waals surface area contributed by atoms with E-state index in [0.29, 0.717) is 40.8 Å². The van der Waals surface area contributed by atoms with E-state index in [1.54, 1.807) is 35.4 Å². The van der Waals surface area contributed by atoms with E-state index in [1.807, 2.05) is 31.2 Å². The molecule has 0 atom stereocenters. The monoisotopic (exact) mass is 445 g/mol. The number of H-pyrrole nitrogens is 2. The lowest BCUT2D eigenvalue weighted by atomic mass is 10.1. The second-order valence-corrected chi connectivity index (χ2v) is 7.81. The Balaban J connectivity index is 1.52. The third-order valence-electron chi connectivity index (χ3n) is 5.43. The van der Waals surface area contributed by atoms with Gasteiger partial charge in [0.2, 0.25) is 0 Å². The first-order chi connectivity index (χ1) is 15.5. The molecule has 0 spiro atoms. The molecule has 32 heavy (non-hydrogen) atoms. The number of hydrogen-bond donors (Lipinski definition) is 3. The smallest absolute Gasteiger partial charge is 0.255 e. The van der Waals surface area contributed by atoms with Crippen molar-refractivity contribution in [3.8, 4) is 11.3 Å². The van der Waals surface area contributed by atoms with E-state index in [9.17, 15) is 4.79 Å². The molecule has 160 valence electrons. The van der Waals surface area contributed by atoms with Gasteiger partial charge in [-0.15, -0.1) is 0 Å². The number of halogens is 1. The molecule has 0 fully saturated rings. The molecule has 3 heterocycles. The van der Waals surface area contributed by atoms with E-state index < -0.39 is 0 Å². The first-order valence-corrected chi connectivity index (χ1v) is 10.5. The number of pyridine rings is 1. The molecule has 1 amide bonds. The number of rotatable bonds is 5. The minimum atomic E-state index is -0.154. The molecule has 0 aliphatic rings. The van der Waals surface area contributed by atoms with Gasteiger partial charge in [0.25, 0.3) is 5.91 Å². The summed E-state index contributed by atoms with van der Waals surface area (Å²) in [4.78, 5) is 27.2. The first-order valence-electron chi connectivity index (χ1n) is 10.2. The minimum absolute atomic E-state index is 0.154. The number of fused-ring (bicyclic) bond motifs is 3. The van der Waals surface area contributed by atoms with Gasteiger partial charge in [-0.05, 0) is 37.3 Å². The molecular formula is C23H20ClN7O. The highest BCUT2D eigenvalue weighted by atomic mass is 35.5. The SMILES string of the molecule is CCN(Cc1nc2c([nH]1)c(N)nc1cc(-c3ccn[nH]3)ccc12)C(=O)c1ccccc1Cl. The van der Waals surface area contributed by atoms with Crippen molar-refractivity contribution in [1.29, 1.82) is 0 Å². The lowest BCUT2D eigenvalue weighted by Gasteiger charge is -2.20. The first kappa shape index (κ1) is 20.0. The molecule has 0 bridgehead atoms. The van der Waals surface area contributed by atoms with Crippen molar-refractivity contribution in [2.24, 2.45) is 0 Å². The van der Waals surface area contributed by atoms with Gasteiger partial charge in [-0.2, -0.15) is 5.10 Å². The van der Waals surface area contributed by atoms with E-state index in [-0.39, 0.29) is 5.91 Å². The fourth-order valence-corrected chi connectivity index (χ4v) is 4.00. The summed E-state index contributed by atoms with van der Waals surface area (Å²) in [6, 6.07) is 14.8. The van der Waals surface area contributed by atoms with Crippen molar-refractivity contribution in [1.82, 2.24) is 30.0 Å². The molecule has 5 rings (SSSR count). The number of benzene rings is 2. The fourth-order valence-electron chi connectivity index (χ4n) is 3.78. The Morgan fingerprint density at radius 2 is 2.00 bits per heavy atom. The van der Waals surface area contributed by atoms with Crippen LogP contribution in [0.3, 0.4) is 0 Å².